The second-order valence-corrected chi connectivity index (χ2v) is 8.98. The van der Waals surface area contributed by atoms with Crippen LogP contribution in [0.2, 0.25) is 0 Å². The maximum absolute atomic E-state index is 2.77. The van der Waals surface area contributed by atoms with E-state index in [0.29, 0.717) is 0 Å². The van der Waals surface area contributed by atoms with Crippen molar-refractivity contribution in [2.45, 2.75) is 51.6 Å². The Morgan fingerprint density at radius 2 is 1.50 bits per heavy atom. The molecule has 0 saturated carbocycles. The zero-order chi connectivity index (χ0) is 15.4. The largest absolute Gasteiger partial charge is 0.303 e. The summed E-state index contributed by atoms with van der Waals surface area (Å²) in [6, 6.07) is 1.62. The van der Waals surface area contributed by atoms with Crippen molar-refractivity contribution in [1.82, 2.24) is 14.7 Å². The third kappa shape index (κ3) is 4.62. The van der Waals surface area contributed by atoms with Crippen LogP contribution in [0.1, 0.15) is 39.5 Å². The molecule has 0 aromatic rings. The highest BCUT2D eigenvalue weighted by Crippen LogP contribution is 2.24. The van der Waals surface area contributed by atoms with Crippen molar-refractivity contribution >= 4 is 11.8 Å². The van der Waals surface area contributed by atoms with E-state index >= 15 is 0 Å². The lowest BCUT2D eigenvalue weighted by molar-refractivity contribution is 0.0834. The fourth-order valence-electron chi connectivity index (χ4n) is 4.43. The molecule has 0 unspecified atom stereocenters. The third-order valence-corrected chi connectivity index (χ3v) is 6.96. The lowest BCUT2D eigenvalue weighted by atomic mass is 9.94. The van der Waals surface area contributed by atoms with Gasteiger partial charge in [0.1, 0.15) is 0 Å². The van der Waals surface area contributed by atoms with Crippen molar-refractivity contribution < 1.29 is 0 Å². The maximum Gasteiger partial charge on any atom is 0.0120 e. The lowest BCUT2D eigenvalue weighted by Crippen LogP contribution is -2.49. The molecule has 0 bridgehead atoms. The average molecular weight is 326 g/mol. The molecule has 0 aliphatic carbocycles. The number of piperidine rings is 2. The number of hydrogen-bond acceptors (Lipinski definition) is 4. The molecule has 3 fully saturated rings. The summed E-state index contributed by atoms with van der Waals surface area (Å²) >= 11 is 2.13. The quantitative estimate of drug-likeness (QED) is 0.786. The zero-order valence-electron chi connectivity index (χ0n) is 14.7. The van der Waals surface area contributed by atoms with Crippen LogP contribution in [-0.4, -0.2) is 84.1 Å². The van der Waals surface area contributed by atoms with E-state index in [0.717, 1.165) is 18.0 Å². The van der Waals surface area contributed by atoms with Crippen LogP contribution in [0.5, 0.6) is 0 Å². The molecule has 128 valence electrons. The van der Waals surface area contributed by atoms with E-state index in [1.165, 1.54) is 83.0 Å². The van der Waals surface area contributed by atoms with E-state index < -0.39 is 0 Å². The monoisotopic (exact) mass is 325 g/mol. The predicted octanol–water partition coefficient (Wildman–Crippen LogP) is 2.62. The van der Waals surface area contributed by atoms with Gasteiger partial charge in [0.25, 0.3) is 0 Å². The summed E-state index contributed by atoms with van der Waals surface area (Å²) in [4.78, 5) is 8.19. The van der Waals surface area contributed by atoms with E-state index in [1.54, 1.807) is 0 Å². The first-order chi connectivity index (χ1) is 10.7. The Morgan fingerprint density at radius 1 is 0.864 bits per heavy atom. The number of thioether (sulfide) groups is 1. The highest BCUT2D eigenvalue weighted by Gasteiger charge is 2.28. The van der Waals surface area contributed by atoms with E-state index in [9.17, 15) is 0 Å². The molecule has 0 amide bonds. The second kappa shape index (κ2) is 8.36. The molecule has 4 heteroatoms. The Labute approximate surface area is 141 Å². The molecule has 3 rings (SSSR count). The van der Waals surface area contributed by atoms with Crippen LogP contribution in [0.15, 0.2) is 0 Å². The molecule has 22 heavy (non-hydrogen) atoms. The van der Waals surface area contributed by atoms with Gasteiger partial charge in [-0.1, -0.05) is 0 Å². The van der Waals surface area contributed by atoms with E-state index in [1.807, 2.05) is 0 Å². The molecule has 0 spiro atoms. The summed E-state index contributed by atoms with van der Waals surface area (Å²) in [6.07, 6.45) is 5.66. The van der Waals surface area contributed by atoms with Crippen molar-refractivity contribution in [3.8, 4) is 0 Å². The van der Waals surface area contributed by atoms with Crippen molar-refractivity contribution in [2.75, 3.05) is 57.3 Å². The minimum Gasteiger partial charge on any atom is -0.303 e. The first-order valence-electron chi connectivity index (χ1n) is 9.50. The summed E-state index contributed by atoms with van der Waals surface area (Å²) < 4.78 is 0. The van der Waals surface area contributed by atoms with Crippen LogP contribution in [0.25, 0.3) is 0 Å². The molecule has 0 radical (unpaired) electrons. The average Bonchev–Trinajstić information content (AvgIpc) is 2.57. The van der Waals surface area contributed by atoms with Crippen LogP contribution < -0.4 is 0 Å². The van der Waals surface area contributed by atoms with Gasteiger partial charge in [-0.25, -0.2) is 0 Å². The van der Waals surface area contributed by atoms with Gasteiger partial charge >= 0.3 is 0 Å². The van der Waals surface area contributed by atoms with Crippen molar-refractivity contribution in [3.63, 3.8) is 0 Å². The van der Waals surface area contributed by atoms with Crippen molar-refractivity contribution in [2.24, 2.45) is 5.92 Å². The Bertz CT molecular complexity index is 314. The van der Waals surface area contributed by atoms with Gasteiger partial charge in [0, 0.05) is 43.2 Å². The molecule has 3 aliphatic heterocycles. The van der Waals surface area contributed by atoms with Gasteiger partial charge in [-0.15, -0.1) is 0 Å². The minimum absolute atomic E-state index is 0.736. The highest BCUT2D eigenvalue weighted by atomic mass is 32.2. The molecule has 0 N–H and O–H groups in total. The standard InChI is InChI=1S/C18H35N3S/c1-16(2)20-9-3-17(4-10-20)15-19-7-5-18(6-8-19)21-11-13-22-14-12-21/h16-18H,3-15H2,1-2H3. The SMILES string of the molecule is CC(C)N1CCC(CN2CCC(N3CCSCC3)CC2)CC1. The Balaban J connectivity index is 1.35. The van der Waals surface area contributed by atoms with E-state index in [2.05, 4.69) is 40.3 Å². The van der Waals surface area contributed by atoms with Crippen LogP contribution in [0.4, 0.5) is 0 Å². The fourth-order valence-corrected chi connectivity index (χ4v) is 5.36. The van der Waals surface area contributed by atoms with Gasteiger partial charge in [0.2, 0.25) is 0 Å². The Kier molecular flexibility index (Phi) is 6.49. The first-order valence-corrected chi connectivity index (χ1v) is 10.7. The van der Waals surface area contributed by atoms with Crippen molar-refractivity contribution in [3.05, 3.63) is 0 Å². The molecule has 3 nitrogen and oxygen atoms in total. The lowest BCUT2D eigenvalue weighted by Gasteiger charge is -2.42. The van der Waals surface area contributed by atoms with Crippen molar-refractivity contribution in [1.29, 1.82) is 0 Å². The number of hydrogen-bond donors (Lipinski definition) is 0. The molecule has 3 saturated heterocycles. The molecular weight excluding hydrogens is 290 g/mol. The smallest absolute Gasteiger partial charge is 0.0120 e. The summed E-state index contributed by atoms with van der Waals surface area (Å²) in [7, 11) is 0. The van der Waals surface area contributed by atoms with E-state index in [-0.39, 0.29) is 0 Å². The van der Waals surface area contributed by atoms with Gasteiger partial charge in [-0.3, -0.25) is 4.90 Å². The van der Waals surface area contributed by atoms with Crippen LogP contribution in [0.3, 0.4) is 0 Å². The predicted molar refractivity (Wildman–Crippen MR) is 97.8 cm³/mol. The maximum atomic E-state index is 2.77. The molecule has 0 atom stereocenters. The van der Waals surface area contributed by atoms with Gasteiger partial charge in [-0.05, 0) is 71.6 Å². The topological polar surface area (TPSA) is 9.72 Å². The molecule has 3 heterocycles. The number of nitrogens with zero attached hydrogens (tertiary/aromatic N) is 3. The van der Waals surface area contributed by atoms with Gasteiger partial charge in [0.15, 0.2) is 0 Å². The van der Waals surface area contributed by atoms with Crippen LogP contribution in [0, 0.1) is 5.92 Å². The van der Waals surface area contributed by atoms with Crippen LogP contribution in [-0.2, 0) is 0 Å². The molecular formula is C18H35N3S. The summed E-state index contributed by atoms with van der Waals surface area (Å²) in [5.74, 6) is 3.67. The van der Waals surface area contributed by atoms with Gasteiger partial charge in [0.05, 0.1) is 0 Å². The molecule has 0 aromatic heterocycles. The summed E-state index contributed by atoms with van der Waals surface area (Å²) in [5.41, 5.74) is 0. The minimum atomic E-state index is 0.736. The first kappa shape index (κ1) is 17.1. The van der Waals surface area contributed by atoms with Gasteiger partial charge < -0.3 is 9.80 Å². The second-order valence-electron chi connectivity index (χ2n) is 7.75. The Hall–Kier alpha value is 0.230. The van der Waals surface area contributed by atoms with Gasteiger partial charge in [-0.2, -0.15) is 11.8 Å². The summed E-state index contributed by atoms with van der Waals surface area (Å²) in [5, 5.41) is 0. The normalized spacial score (nSPS) is 28.5. The zero-order valence-corrected chi connectivity index (χ0v) is 15.5. The molecule has 3 aliphatic rings. The third-order valence-electron chi connectivity index (χ3n) is 6.01. The number of likely N-dealkylation sites (tertiary alicyclic amines) is 2. The summed E-state index contributed by atoms with van der Waals surface area (Å²) in [6.45, 7) is 14.1. The number of rotatable bonds is 4. The highest BCUT2D eigenvalue weighted by molar-refractivity contribution is 7.99. The fraction of sp³-hybridized carbons (Fsp3) is 1.00. The van der Waals surface area contributed by atoms with Crippen LogP contribution >= 0.6 is 11.8 Å². The van der Waals surface area contributed by atoms with E-state index in [4.69, 9.17) is 0 Å². The Morgan fingerprint density at radius 3 is 2.09 bits per heavy atom. The molecule has 0 aromatic carbocycles.